The molecular formula is C24H26N4O4. The third kappa shape index (κ3) is 4.36. The van der Waals surface area contributed by atoms with E-state index in [4.69, 9.17) is 14.0 Å². The van der Waals surface area contributed by atoms with Gasteiger partial charge in [-0.15, -0.1) is 0 Å². The summed E-state index contributed by atoms with van der Waals surface area (Å²) in [5.41, 5.74) is 3.29. The first-order valence-electron chi connectivity index (χ1n) is 10.4. The Hall–Kier alpha value is -3.65. The third-order valence-corrected chi connectivity index (χ3v) is 5.46. The quantitative estimate of drug-likeness (QED) is 0.532. The lowest BCUT2D eigenvalue weighted by Gasteiger charge is -2.35. The van der Waals surface area contributed by atoms with Crippen LogP contribution in [0.5, 0.6) is 5.75 Å². The molecule has 0 radical (unpaired) electrons. The molecule has 2 amide bonds. The second kappa shape index (κ2) is 9.65. The lowest BCUT2D eigenvalue weighted by molar-refractivity contribution is 0.174. The fourth-order valence-electron chi connectivity index (χ4n) is 3.78. The van der Waals surface area contributed by atoms with Gasteiger partial charge in [0.1, 0.15) is 5.75 Å². The van der Waals surface area contributed by atoms with E-state index in [0.29, 0.717) is 31.3 Å². The van der Waals surface area contributed by atoms with Gasteiger partial charge >= 0.3 is 6.03 Å². The number of methoxy groups -OCH3 is 2. The first kappa shape index (κ1) is 21.6. The van der Waals surface area contributed by atoms with Crippen molar-refractivity contribution in [2.24, 2.45) is 0 Å². The Morgan fingerprint density at radius 3 is 2.53 bits per heavy atom. The number of amides is 2. The second-order valence-corrected chi connectivity index (χ2v) is 7.44. The molecule has 2 aromatic carbocycles. The molecule has 32 heavy (non-hydrogen) atoms. The molecule has 0 aliphatic carbocycles. The minimum atomic E-state index is -0.434. The van der Waals surface area contributed by atoms with Gasteiger partial charge in [-0.1, -0.05) is 47.6 Å². The predicted octanol–water partition coefficient (Wildman–Crippen LogP) is 4.28. The Morgan fingerprint density at radius 1 is 1.09 bits per heavy atom. The Morgan fingerprint density at radius 2 is 1.84 bits per heavy atom. The number of hydrogen-bond donors (Lipinski definition) is 1. The zero-order valence-corrected chi connectivity index (χ0v) is 18.4. The number of ether oxygens (including phenoxy) is 2. The molecule has 8 nitrogen and oxygen atoms in total. The SMILES string of the molecule is COCCCN1C(=O)NC(c2ccc(OC)cc2)C(c2nc(-c3ccccc3)no2)=C1C. The lowest BCUT2D eigenvalue weighted by Crippen LogP contribution is -2.46. The standard InChI is InChI=1S/C24H26N4O4/c1-16-20(23-26-22(27-32-23)18-8-5-4-6-9-18)21(17-10-12-19(31-3)13-11-17)25-24(29)28(16)14-7-15-30-2/h4-6,8-13,21H,7,14-15H2,1-3H3,(H,25,29). The molecule has 0 bridgehead atoms. The van der Waals surface area contributed by atoms with Gasteiger partial charge in [-0.3, -0.25) is 4.90 Å². The molecule has 1 aliphatic rings. The van der Waals surface area contributed by atoms with E-state index in [1.165, 1.54) is 0 Å². The summed E-state index contributed by atoms with van der Waals surface area (Å²) < 4.78 is 16.1. The van der Waals surface area contributed by atoms with Crippen LogP contribution in [0.25, 0.3) is 17.0 Å². The van der Waals surface area contributed by atoms with Crippen LogP contribution in [0, 0.1) is 0 Å². The summed E-state index contributed by atoms with van der Waals surface area (Å²) >= 11 is 0. The summed E-state index contributed by atoms with van der Waals surface area (Å²) in [5.74, 6) is 1.61. The van der Waals surface area contributed by atoms with Gasteiger partial charge in [0, 0.05) is 31.5 Å². The van der Waals surface area contributed by atoms with Crippen molar-refractivity contribution in [1.29, 1.82) is 0 Å². The number of nitrogens with one attached hydrogen (secondary N) is 1. The second-order valence-electron chi connectivity index (χ2n) is 7.44. The van der Waals surface area contributed by atoms with E-state index in [2.05, 4.69) is 15.5 Å². The van der Waals surface area contributed by atoms with E-state index < -0.39 is 6.04 Å². The van der Waals surface area contributed by atoms with Gasteiger partial charge in [0.25, 0.3) is 5.89 Å². The van der Waals surface area contributed by atoms with Gasteiger partial charge in [0.2, 0.25) is 5.82 Å². The Bertz CT molecular complexity index is 1090. The summed E-state index contributed by atoms with van der Waals surface area (Å²) in [4.78, 5) is 19.3. The fourth-order valence-corrected chi connectivity index (χ4v) is 3.78. The number of carbonyl (C=O) groups is 1. The molecule has 0 saturated heterocycles. The normalized spacial score (nSPS) is 16.3. The number of carbonyl (C=O) groups excluding carboxylic acids is 1. The number of aromatic nitrogens is 2. The number of nitrogens with zero attached hydrogens (tertiary/aromatic N) is 3. The molecule has 1 N–H and O–H groups in total. The molecule has 3 aromatic rings. The van der Waals surface area contributed by atoms with Crippen LogP contribution in [0.15, 0.2) is 64.8 Å². The maximum Gasteiger partial charge on any atom is 0.322 e. The van der Waals surface area contributed by atoms with Gasteiger partial charge < -0.3 is 19.3 Å². The van der Waals surface area contributed by atoms with E-state index in [-0.39, 0.29) is 6.03 Å². The number of benzene rings is 2. The van der Waals surface area contributed by atoms with E-state index in [1.807, 2.05) is 61.5 Å². The van der Waals surface area contributed by atoms with Crippen LogP contribution in [-0.4, -0.2) is 48.4 Å². The number of hydrogen-bond acceptors (Lipinski definition) is 6. The van der Waals surface area contributed by atoms with Crippen molar-refractivity contribution in [1.82, 2.24) is 20.4 Å². The molecule has 0 saturated carbocycles. The van der Waals surface area contributed by atoms with Crippen molar-refractivity contribution in [3.63, 3.8) is 0 Å². The van der Waals surface area contributed by atoms with Crippen LogP contribution >= 0.6 is 0 Å². The van der Waals surface area contributed by atoms with E-state index in [1.54, 1.807) is 19.1 Å². The van der Waals surface area contributed by atoms with E-state index in [9.17, 15) is 4.79 Å². The lowest BCUT2D eigenvalue weighted by atomic mass is 9.94. The van der Waals surface area contributed by atoms with Crippen LogP contribution in [0.4, 0.5) is 4.79 Å². The number of allylic oxidation sites excluding steroid dienone is 1. The zero-order valence-electron chi connectivity index (χ0n) is 18.4. The summed E-state index contributed by atoms with van der Waals surface area (Å²) in [6.07, 6.45) is 0.709. The molecule has 2 heterocycles. The highest BCUT2D eigenvalue weighted by Crippen LogP contribution is 2.37. The molecular weight excluding hydrogens is 408 g/mol. The first-order chi connectivity index (χ1) is 15.6. The monoisotopic (exact) mass is 434 g/mol. The van der Waals surface area contributed by atoms with Gasteiger partial charge in [-0.05, 0) is 31.0 Å². The molecule has 166 valence electrons. The van der Waals surface area contributed by atoms with Crippen molar-refractivity contribution >= 4 is 11.6 Å². The average Bonchev–Trinajstić information content (AvgIpc) is 3.31. The average molecular weight is 434 g/mol. The highest BCUT2D eigenvalue weighted by atomic mass is 16.5. The molecule has 0 fully saturated rings. The van der Waals surface area contributed by atoms with Gasteiger partial charge in [0.05, 0.1) is 18.7 Å². The molecule has 8 heteroatoms. The van der Waals surface area contributed by atoms with Crippen LogP contribution in [0.2, 0.25) is 0 Å². The van der Waals surface area contributed by atoms with Gasteiger partial charge in [-0.2, -0.15) is 4.98 Å². The van der Waals surface area contributed by atoms with Crippen LogP contribution in [0.1, 0.15) is 30.8 Å². The fraction of sp³-hybridized carbons (Fsp3) is 0.292. The maximum atomic E-state index is 13.0. The molecule has 1 aromatic heterocycles. The van der Waals surface area contributed by atoms with Crippen molar-refractivity contribution in [3.8, 4) is 17.1 Å². The Balaban J connectivity index is 1.76. The zero-order chi connectivity index (χ0) is 22.5. The smallest absolute Gasteiger partial charge is 0.322 e. The van der Waals surface area contributed by atoms with Crippen molar-refractivity contribution < 1.29 is 18.8 Å². The van der Waals surface area contributed by atoms with Crippen LogP contribution in [0.3, 0.4) is 0 Å². The highest BCUT2D eigenvalue weighted by Gasteiger charge is 2.35. The van der Waals surface area contributed by atoms with Gasteiger partial charge in [-0.25, -0.2) is 4.79 Å². The first-order valence-corrected chi connectivity index (χ1v) is 10.4. The number of urea groups is 1. The summed E-state index contributed by atoms with van der Waals surface area (Å²) in [5, 5.41) is 7.27. The van der Waals surface area contributed by atoms with Crippen molar-refractivity contribution in [2.45, 2.75) is 19.4 Å². The summed E-state index contributed by atoms with van der Waals surface area (Å²) in [6, 6.07) is 16.6. The van der Waals surface area contributed by atoms with Crippen molar-refractivity contribution in [3.05, 3.63) is 71.7 Å². The summed E-state index contributed by atoms with van der Waals surface area (Å²) in [7, 11) is 3.27. The topological polar surface area (TPSA) is 89.7 Å². The molecule has 1 atom stereocenters. The minimum Gasteiger partial charge on any atom is -0.497 e. The number of rotatable bonds is 8. The molecule has 1 aliphatic heterocycles. The predicted molar refractivity (Wildman–Crippen MR) is 120 cm³/mol. The largest absolute Gasteiger partial charge is 0.497 e. The van der Waals surface area contributed by atoms with Crippen LogP contribution < -0.4 is 10.1 Å². The van der Waals surface area contributed by atoms with E-state index >= 15 is 0 Å². The molecule has 1 unspecified atom stereocenters. The van der Waals surface area contributed by atoms with Gasteiger partial charge in [0.15, 0.2) is 0 Å². The highest BCUT2D eigenvalue weighted by molar-refractivity contribution is 5.86. The molecule has 0 spiro atoms. The Labute approximate surface area is 186 Å². The van der Waals surface area contributed by atoms with E-state index in [0.717, 1.165) is 28.1 Å². The summed E-state index contributed by atoms with van der Waals surface area (Å²) in [6.45, 7) is 2.99. The van der Waals surface area contributed by atoms with Crippen molar-refractivity contribution in [2.75, 3.05) is 27.4 Å². The maximum absolute atomic E-state index is 13.0. The minimum absolute atomic E-state index is 0.175. The molecule has 4 rings (SSSR count). The van der Waals surface area contributed by atoms with Crippen LogP contribution in [-0.2, 0) is 4.74 Å². The third-order valence-electron chi connectivity index (χ3n) is 5.46. The Kier molecular flexibility index (Phi) is 6.51.